The van der Waals surface area contributed by atoms with Crippen LogP contribution in [-0.2, 0) is 19.3 Å². The molecule has 180 valence electrons. The zero-order valence-electron chi connectivity index (χ0n) is 19.8. The highest BCUT2D eigenvalue weighted by atomic mass is 35.5. The van der Waals surface area contributed by atoms with Crippen LogP contribution in [0.15, 0.2) is 48.5 Å². The molecule has 1 atom stereocenters. The van der Waals surface area contributed by atoms with E-state index < -0.39 is 6.10 Å². The lowest BCUT2D eigenvalue weighted by atomic mass is 10.0. The van der Waals surface area contributed by atoms with E-state index in [4.69, 9.17) is 16.6 Å². The van der Waals surface area contributed by atoms with Crippen molar-refractivity contribution in [2.24, 2.45) is 0 Å². The number of hydrogen-bond donors (Lipinski definition) is 1. The summed E-state index contributed by atoms with van der Waals surface area (Å²) in [6.07, 6.45) is 1.35. The third-order valence-corrected chi connectivity index (χ3v) is 6.74. The van der Waals surface area contributed by atoms with Crippen molar-refractivity contribution in [1.29, 1.82) is 0 Å². The first-order valence-electron chi connectivity index (χ1n) is 11.9. The molecule has 0 radical (unpaired) electrons. The Morgan fingerprint density at radius 1 is 1.00 bits per heavy atom. The van der Waals surface area contributed by atoms with Crippen LogP contribution < -0.4 is 4.90 Å². The molecule has 0 aliphatic carbocycles. The quantitative estimate of drug-likeness (QED) is 0.514. The van der Waals surface area contributed by atoms with E-state index >= 15 is 0 Å². The molecule has 5 nitrogen and oxygen atoms in total. The molecule has 1 aromatic heterocycles. The number of piperazine rings is 1. The SMILES string of the molecule is CCc1nc(C)nc(N2CCN(CC(O)Cc3ccccc3)CC2)c1Cc1c(F)cccc1Cl. The van der Waals surface area contributed by atoms with E-state index in [-0.39, 0.29) is 5.82 Å². The fourth-order valence-electron chi connectivity index (χ4n) is 4.64. The summed E-state index contributed by atoms with van der Waals surface area (Å²) in [5, 5.41) is 11.0. The summed E-state index contributed by atoms with van der Waals surface area (Å²) in [6.45, 7) is 7.84. The smallest absolute Gasteiger partial charge is 0.136 e. The lowest BCUT2D eigenvalue weighted by Gasteiger charge is -2.37. The number of benzene rings is 2. The third-order valence-electron chi connectivity index (χ3n) is 6.39. The summed E-state index contributed by atoms with van der Waals surface area (Å²) in [6, 6.07) is 14.9. The van der Waals surface area contributed by atoms with Crippen LogP contribution in [0.5, 0.6) is 0 Å². The summed E-state index contributed by atoms with van der Waals surface area (Å²) in [4.78, 5) is 14.0. The molecule has 3 aromatic rings. The van der Waals surface area contributed by atoms with Crippen molar-refractivity contribution >= 4 is 17.4 Å². The van der Waals surface area contributed by atoms with Gasteiger partial charge in [-0.2, -0.15) is 0 Å². The predicted molar refractivity (Wildman–Crippen MR) is 135 cm³/mol. The summed E-state index contributed by atoms with van der Waals surface area (Å²) in [7, 11) is 0. The van der Waals surface area contributed by atoms with Crippen LogP contribution in [0, 0.1) is 12.7 Å². The van der Waals surface area contributed by atoms with Gasteiger partial charge in [0.2, 0.25) is 0 Å². The van der Waals surface area contributed by atoms with Gasteiger partial charge in [0.05, 0.1) is 6.10 Å². The molecular weight excluding hydrogens is 451 g/mol. The van der Waals surface area contributed by atoms with Crippen LogP contribution in [0.4, 0.5) is 10.2 Å². The minimum atomic E-state index is -0.402. The van der Waals surface area contributed by atoms with Crippen LogP contribution >= 0.6 is 11.6 Å². The Kier molecular flexibility index (Phi) is 8.14. The normalized spacial score (nSPS) is 15.5. The minimum Gasteiger partial charge on any atom is -0.391 e. The largest absolute Gasteiger partial charge is 0.391 e. The van der Waals surface area contributed by atoms with E-state index in [1.165, 1.54) is 6.07 Å². The molecule has 7 heteroatoms. The van der Waals surface area contributed by atoms with E-state index in [1.54, 1.807) is 12.1 Å². The molecule has 2 heterocycles. The summed E-state index contributed by atoms with van der Waals surface area (Å²) < 4.78 is 14.6. The number of aryl methyl sites for hydroxylation is 2. The Hall–Kier alpha value is -2.54. The molecule has 1 aliphatic heterocycles. The fourth-order valence-corrected chi connectivity index (χ4v) is 4.87. The lowest BCUT2D eigenvalue weighted by molar-refractivity contribution is 0.109. The van der Waals surface area contributed by atoms with Gasteiger partial charge in [-0.15, -0.1) is 0 Å². The number of aliphatic hydroxyl groups is 1. The van der Waals surface area contributed by atoms with Crippen molar-refractivity contribution in [3.05, 3.63) is 87.6 Å². The van der Waals surface area contributed by atoms with Gasteiger partial charge in [-0.05, 0) is 37.5 Å². The molecule has 1 saturated heterocycles. The van der Waals surface area contributed by atoms with Crippen molar-refractivity contribution in [3.63, 3.8) is 0 Å². The molecule has 4 rings (SSSR count). The van der Waals surface area contributed by atoms with E-state index in [9.17, 15) is 9.50 Å². The summed E-state index contributed by atoms with van der Waals surface area (Å²) in [5.74, 6) is 1.28. The van der Waals surface area contributed by atoms with Gasteiger partial charge >= 0.3 is 0 Å². The van der Waals surface area contributed by atoms with Crippen molar-refractivity contribution in [2.45, 2.75) is 39.2 Å². The van der Waals surface area contributed by atoms with E-state index in [0.29, 0.717) is 30.0 Å². The van der Waals surface area contributed by atoms with Gasteiger partial charge in [0.25, 0.3) is 0 Å². The third kappa shape index (κ3) is 5.93. The molecule has 1 unspecified atom stereocenters. The maximum atomic E-state index is 14.6. The highest BCUT2D eigenvalue weighted by Gasteiger charge is 2.25. The van der Waals surface area contributed by atoms with Gasteiger partial charge in [-0.25, -0.2) is 14.4 Å². The minimum absolute atomic E-state index is 0.307. The van der Waals surface area contributed by atoms with Gasteiger partial charge < -0.3 is 10.0 Å². The number of halogens is 2. The molecule has 0 amide bonds. The molecule has 0 spiro atoms. The Balaban J connectivity index is 1.47. The van der Waals surface area contributed by atoms with Crippen molar-refractivity contribution in [3.8, 4) is 0 Å². The zero-order chi connectivity index (χ0) is 24.1. The topological polar surface area (TPSA) is 52.5 Å². The van der Waals surface area contributed by atoms with Gasteiger partial charge in [-0.1, -0.05) is 54.9 Å². The Morgan fingerprint density at radius 3 is 2.41 bits per heavy atom. The number of rotatable bonds is 8. The number of anilines is 1. The average molecular weight is 483 g/mol. The molecule has 0 saturated carbocycles. The first-order chi connectivity index (χ1) is 16.4. The maximum absolute atomic E-state index is 14.6. The van der Waals surface area contributed by atoms with Crippen molar-refractivity contribution in [2.75, 3.05) is 37.6 Å². The molecule has 1 N–H and O–H groups in total. The number of aromatic nitrogens is 2. The van der Waals surface area contributed by atoms with E-state index in [1.807, 2.05) is 37.3 Å². The molecule has 34 heavy (non-hydrogen) atoms. The standard InChI is InChI=1S/C27H32ClFN4O/c1-3-26-23(17-22-24(28)10-7-11-25(22)29)27(31-19(2)30-26)33-14-12-32(13-15-33)18-21(34)16-20-8-5-4-6-9-20/h4-11,21,34H,3,12-18H2,1-2H3. The summed E-state index contributed by atoms with van der Waals surface area (Å²) in [5.41, 5.74) is 3.50. The first kappa shape index (κ1) is 24.6. The number of hydrogen-bond acceptors (Lipinski definition) is 5. The number of β-amino-alcohol motifs (C(OH)–C–C–N with tert-alkyl or cyclic N) is 1. The van der Waals surface area contributed by atoms with Crippen LogP contribution in [0.25, 0.3) is 0 Å². The Bertz CT molecular complexity index is 1080. The second-order valence-corrected chi connectivity index (χ2v) is 9.29. The van der Waals surface area contributed by atoms with Crippen molar-refractivity contribution in [1.82, 2.24) is 14.9 Å². The fraction of sp³-hybridized carbons (Fsp3) is 0.407. The van der Waals surface area contributed by atoms with Crippen molar-refractivity contribution < 1.29 is 9.50 Å². The van der Waals surface area contributed by atoms with Gasteiger partial charge in [0, 0.05) is 61.0 Å². The highest BCUT2D eigenvalue weighted by molar-refractivity contribution is 6.31. The molecule has 0 bridgehead atoms. The highest BCUT2D eigenvalue weighted by Crippen LogP contribution is 2.29. The van der Waals surface area contributed by atoms with Gasteiger partial charge in [0.15, 0.2) is 0 Å². The predicted octanol–water partition coefficient (Wildman–Crippen LogP) is 4.46. The molecular formula is C27H32ClFN4O. The van der Waals surface area contributed by atoms with Crippen LogP contribution in [0.3, 0.4) is 0 Å². The Labute approximate surface area is 206 Å². The number of nitrogens with zero attached hydrogens (tertiary/aromatic N) is 4. The van der Waals surface area contributed by atoms with Crippen LogP contribution in [0.1, 0.15) is 35.1 Å². The Morgan fingerprint density at radius 2 is 1.74 bits per heavy atom. The average Bonchev–Trinajstić information content (AvgIpc) is 2.83. The second-order valence-electron chi connectivity index (χ2n) is 8.88. The van der Waals surface area contributed by atoms with Gasteiger partial charge in [-0.3, -0.25) is 4.90 Å². The molecule has 1 fully saturated rings. The maximum Gasteiger partial charge on any atom is 0.136 e. The summed E-state index contributed by atoms with van der Waals surface area (Å²) >= 11 is 6.35. The van der Waals surface area contributed by atoms with E-state index in [0.717, 1.165) is 61.1 Å². The molecule has 2 aromatic carbocycles. The zero-order valence-corrected chi connectivity index (χ0v) is 20.6. The van der Waals surface area contributed by atoms with Crippen LogP contribution in [-0.4, -0.2) is 58.8 Å². The molecule has 1 aliphatic rings. The lowest BCUT2D eigenvalue weighted by Crippen LogP contribution is -2.49. The van der Waals surface area contributed by atoms with Gasteiger partial charge in [0.1, 0.15) is 17.5 Å². The first-order valence-corrected chi connectivity index (χ1v) is 12.3. The van der Waals surface area contributed by atoms with Crippen LogP contribution in [0.2, 0.25) is 5.02 Å². The van der Waals surface area contributed by atoms with E-state index in [2.05, 4.69) is 21.7 Å². The number of aliphatic hydroxyl groups excluding tert-OH is 1. The second kappa shape index (κ2) is 11.3. The monoisotopic (exact) mass is 482 g/mol.